The van der Waals surface area contributed by atoms with Crippen LogP contribution in [0.25, 0.3) is 5.65 Å². The number of nitrogens with zero attached hydrogens (tertiary/aromatic N) is 3. The van der Waals surface area contributed by atoms with Crippen molar-refractivity contribution in [1.82, 2.24) is 14.6 Å². The van der Waals surface area contributed by atoms with E-state index in [0.29, 0.717) is 24.4 Å². The summed E-state index contributed by atoms with van der Waals surface area (Å²) in [6.07, 6.45) is 4.07. The minimum absolute atomic E-state index is 0.0441. The highest BCUT2D eigenvalue weighted by Crippen LogP contribution is 2.33. The van der Waals surface area contributed by atoms with Crippen LogP contribution in [0.2, 0.25) is 0 Å². The quantitative estimate of drug-likeness (QED) is 0.783. The van der Waals surface area contributed by atoms with Crippen LogP contribution >= 0.6 is 0 Å². The second-order valence-corrected chi connectivity index (χ2v) is 5.73. The average molecular weight is 275 g/mol. The number of ether oxygens (including phenoxy) is 2. The minimum atomic E-state index is -0.397. The van der Waals surface area contributed by atoms with E-state index in [2.05, 4.69) is 23.9 Å². The maximum Gasteiger partial charge on any atom is 0.343 e. The van der Waals surface area contributed by atoms with Gasteiger partial charge < -0.3 is 9.47 Å². The molecule has 0 fully saturated rings. The molecule has 0 N–H and O–H groups in total. The van der Waals surface area contributed by atoms with E-state index in [9.17, 15) is 4.79 Å². The Morgan fingerprint density at radius 1 is 1.55 bits per heavy atom. The van der Waals surface area contributed by atoms with E-state index in [4.69, 9.17) is 9.47 Å². The van der Waals surface area contributed by atoms with Crippen molar-refractivity contribution in [3.63, 3.8) is 0 Å². The number of esters is 1. The van der Waals surface area contributed by atoms with E-state index >= 15 is 0 Å². The molecule has 0 aromatic carbocycles. The molecule has 6 heteroatoms. The van der Waals surface area contributed by atoms with Gasteiger partial charge in [-0.2, -0.15) is 5.10 Å². The Labute approximate surface area is 116 Å². The van der Waals surface area contributed by atoms with Crippen molar-refractivity contribution >= 4 is 11.6 Å². The summed E-state index contributed by atoms with van der Waals surface area (Å²) in [5.41, 5.74) is 1.81. The van der Waals surface area contributed by atoms with E-state index < -0.39 is 5.97 Å². The van der Waals surface area contributed by atoms with Gasteiger partial charge in [0, 0.05) is 11.8 Å². The van der Waals surface area contributed by atoms with Gasteiger partial charge in [-0.3, -0.25) is 0 Å². The molecule has 1 aliphatic rings. The summed E-state index contributed by atoms with van der Waals surface area (Å²) >= 11 is 0. The second-order valence-electron chi connectivity index (χ2n) is 5.73. The van der Waals surface area contributed by atoms with Gasteiger partial charge in [0.2, 0.25) is 0 Å². The molecule has 3 rings (SSSR count). The van der Waals surface area contributed by atoms with Crippen molar-refractivity contribution in [2.24, 2.45) is 5.41 Å². The van der Waals surface area contributed by atoms with Gasteiger partial charge in [-0.25, -0.2) is 14.3 Å². The molecule has 106 valence electrons. The summed E-state index contributed by atoms with van der Waals surface area (Å²) in [6, 6.07) is 0. The van der Waals surface area contributed by atoms with E-state index in [0.717, 1.165) is 17.9 Å². The largest absolute Gasteiger partial charge is 0.489 e. The molecule has 3 heterocycles. The molecular formula is C14H17N3O3. The second kappa shape index (κ2) is 4.47. The Hall–Kier alpha value is -2.11. The lowest BCUT2D eigenvalue weighted by atomic mass is 9.87. The summed E-state index contributed by atoms with van der Waals surface area (Å²) in [5, 5.41) is 4.14. The molecular weight excluding hydrogens is 258 g/mol. The zero-order valence-electron chi connectivity index (χ0n) is 11.8. The van der Waals surface area contributed by atoms with Gasteiger partial charge >= 0.3 is 5.97 Å². The highest BCUT2D eigenvalue weighted by Gasteiger charge is 2.29. The molecule has 0 unspecified atom stereocenters. The van der Waals surface area contributed by atoms with Crippen LogP contribution in [0.15, 0.2) is 12.4 Å². The number of carbonyl (C=O) groups is 1. The predicted molar refractivity (Wildman–Crippen MR) is 71.9 cm³/mol. The van der Waals surface area contributed by atoms with Gasteiger partial charge in [0.15, 0.2) is 11.4 Å². The van der Waals surface area contributed by atoms with Crippen LogP contribution in [0.1, 0.15) is 36.8 Å². The number of hydrogen-bond donors (Lipinski definition) is 0. The summed E-state index contributed by atoms with van der Waals surface area (Å²) in [6.45, 7) is 7.01. The zero-order chi connectivity index (χ0) is 14.3. The van der Waals surface area contributed by atoms with Crippen LogP contribution in [-0.2, 0) is 11.2 Å². The van der Waals surface area contributed by atoms with Crippen molar-refractivity contribution in [3.8, 4) is 5.75 Å². The first-order valence-corrected chi connectivity index (χ1v) is 6.67. The van der Waals surface area contributed by atoms with E-state index in [1.54, 1.807) is 17.6 Å². The lowest BCUT2D eigenvalue weighted by Crippen LogP contribution is -2.29. The van der Waals surface area contributed by atoms with Crippen molar-refractivity contribution in [2.45, 2.75) is 27.2 Å². The fourth-order valence-electron chi connectivity index (χ4n) is 2.31. The Morgan fingerprint density at radius 3 is 3.10 bits per heavy atom. The highest BCUT2D eigenvalue weighted by atomic mass is 16.5. The lowest BCUT2D eigenvalue weighted by Gasteiger charge is -2.30. The maximum absolute atomic E-state index is 11.9. The Kier molecular flexibility index (Phi) is 2.88. The molecule has 20 heavy (non-hydrogen) atoms. The number of carbonyl (C=O) groups excluding carboxylic acids is 1. The van der Waals surface area contributed by atoms with Gasteiger partial charge in [0.1, 0.15) is 5.56 Å². The van der Waals surface area contributed by atoms with Crippen LogP contribution in [0.4, 0.5) is 0 Å². The summed E-state index contributed by atoms with van der Waals surface area (Å²) < 4.78 is 12.3. The summed E-state index contributed by atoms with van der Waals surface area (Å²) in [5.74, 6) is 0.335. The Balaban J connectivity index is 2.08. The first kappa shape index (κ1) is 12.9. The van der Waals surface area contributed by atoms with Crippen LogP contribution in [0.3, 0.4) is 0 Å². The molecule has 6 nitrogen and oxygen atoms in total. The van der Waals surface area contributed by atoms with Crippen molar-refractivity contribution < 1.29 is 14.3 Å². The molecule has 0 radical (unpaired) electrons. The zero-order valence-corrected chi connectivity index (χ0v) is 11.8. The third-order valence-corrected chi connectivity index (χ3v) is 3.29. The SMILES string of the molecule is CCOC(=O)c1cnn2cc3c(nc12)CC(C)(C)CO3. The third kappa shape index (κ3) is 2.11. The monoisotopic (exact) mass is 275 g/mol. The van der Waals surface area contributed by atoms with Crippen LogP contribution in [-0.4, -0.2) is 33.8 Å². The summed E-state index contributed by atoms with van der Waals surface area (Å²) in [4.78, 5) is 16.4. The molecule has 0 aliphatic carbocycles. The minimum Gasteiger partial charge on any atom is -0.489 e. The number of aromatic nitrogens is 3. The highest BCUT2D eigenvalue weighted by molar-refractivity contribution is 5.95. The number of hydrogen-bond acceptors (Lipinski definition) is 5. The van der Waals surface area contributed by atoms with Gasteiger partial charge in [0.25, 0.3) is 0 Å². The number of rotatable bonds is 2. The number of fused-ring (bicyclic) bond motifs is 2. The predicted octanol–water partition coefficient (Wildman–Crippen LogP) is 1.87. The standard InChI is InChI=1S/C14H17N3O3/c1-4-19-13(18)9-6-15-17-7-11-10(16-12(9)17)5-14(2,3)8-20-11/h6-7H,4-5,8H2,1-3H3. The fraction of sp³-hybridized carbons (Fsp3) is 0.500. The molecule has 0 saturated carbocycles. The van der Waals surface area contributed by atoms with E-state index in [-0.39, 0.29) is 5.41 Å². The topological polar surface area (TPSA) is 65.7 Å². The smallest absolute Gasteiger partial charge is 0.343 e. The van der Waals surface area contributed by atoms with Crippen LogP contribution in [0.5, 0.6) is 5.75 Å². The van der Waals surface area contributed by atoms with Gasteiger partial charge in [-0.05, 0) is 6.92 Å². The molecule has 2 aromatic rings. The fourth-order valence-corrected chi connectivity index (χ4v) is 2.31. The van der Waals surface area contributed by atoms with Crippen molar-refractivity contribution in [1.29, 1.82) is 0 Å². The van der Waals surface area contributed by atoms with Gasteiger partial charge in [-0.1, -0.05) is 13.8 Å². The molecule has 1 aliphatic heterocycles. The van der Waals surface area contributed by atoms with E-state index in [1.807, 2.05) is 0 Å². The molecule has 0 saturated heterocycles. The van der Waals surface area contributed by atoms with Crippen molar-refractivity contribution in [2.75, 3.05) is 13.2 Å². The van der Waals surface area contributed by atoms with E-state index in [1.165, 1.54) is 6.20 Å². The van der Waals surface area contributed by atoms with Crippen LogP contribution < -0.4 is 4.74 Å². The molecule has 0 spiro atoms. The molecule has 0 atom stereocenters. The van der Waals surface area contributed by atoms with Crippen molar-refractivity contribution in [3.05, 3.63) is 23.7 Å². The van der Waals surface area contributed by atoms with Gasteiger partial charge in [0.05, 0.1) is 31.3 Å². The average Bonchev–Trinajstić information content (AvgIpc) is 2.78. The lowest BCUT2D eigenvalue weighted by molar-refractivity contribution is 0.0528. The normalized spacial score (nSPS) is 16.6. The maximum atomic E-state index is 11.9. The van der Waals surface area contributed by atoms with Crippen LogP contribution in [0, 0.1) is 5.41 Å². The first-order valence-electron chi connectivity index (χ1n) is 6.67. The third-order valence-electron chi connectivity index (χ3n) is 3.29. The molecule has 0 bridgehead atoms. The summed E-state index contributed by atoms with van der Waals surface area (Å²) in [7, 11) is 0. The first-order chi connectivity index (χ1) is 9.50. The Bertz CT molecular complexity index is 676. The molecule has 2 aromatic heterocycles. The Morgan fingerprint density at radius 2 is 2.35 bits per heavy atom. The molecule has 0 amide bonds. The van der Waals surface area contributed by atoms with Gasteiger partial charge in [-0.15, -0.1) is 0 Å².